The van der Waals surface area contributed by atoms with Gasteiger partial charge in [0.15, 0.2) is 0 Å². The van der Waals surface area contributed by atoms with Gasteiger partial charge in [0.1, 0.15) is 0 Å². The Balaban J connectivity index is 0.00000124. The van der Waals surface area contributed by atoms with Crippen molar-refractivity contribution in [2.24, 2.45) is 0 Å². The summed E-state index contributed by atoms with van der Waals surface area (Å²) in [6.07, 6.45) is 0. The first-order chi connectivity index (χ1) is 14.7. The van der Waals surface area contributed by atoms with Gasteiger partial charge in [-0.15, -0.1) is 13.2 Å². The normalized spacial score (nSPS) is 9.93. The van der Waals surface area contributed by atoms with Crippen molar-refractivity contribution in [1.82, 2.24) is 0 Å². The molecular formula is C28H28N2. The Kier molecular flexibility index (Phi) is 7.07. The molecule has 4 aromatic rings. The van der Waals surface area contributed by atoms with E-state index >= 15 is 0 Å². The summed E-state index contributed by atoms with van der Waals surface area (Å²) in [6.45, 7) is 8.13. The second-order valence-corrected chi connectivity index (χ2v) is 6.92. The molecule has 0 saturated heterocycles. The molecule has 0 atom stereocenters. The van der Waals surface area contributed by atoms with Crippen LogP contribution in [0.25, 0.3) is 0 Å². The van der Waals surface area contributed by atoms with Crippen LogP contribution in [0.15, 0.2) is 122 Å². The first kappa shape index (κ1) is 20.9. The molecule has 2 heteroatoms. The topological polar surface area (TPSA) is 6.48 Å². The SMILES string of the molecule is C=C.Cc1cccc(N(c2ccccc2)c2ccc(N(C)c3ccccc3)cc2)c1. The van der Waals surface area contributed by atoms with Crippen LogP contribution in [0.1, 0.15) is 5.56 Å². The Labute approximate surface area is 180 Å². The van der Waals surface area contributed by atoms with Gasteiger partial charge in [-0.1, -0.05) is 48.5 Å². The number of benzene rings is 4. The zero-order valence-electron chi connectivity index (χ0n) is 17.7. The zero-order chi connectivity index (χ0) is 21.3. The van der Waals surface area contributed by atoms with Crippen LogP contribution < -0.4 is 9.80 Å². The van der Waals surface area contributed by atoms with Gasteiger partial charge in [0, 0.05) is 35.5 Å². The van der Waals surface area contributed by atoms with Crippen LogP contribution >= 0.6 is 0 Å². The van der Waals surface area contributed by atoms with Crippen LogP contribution in [0.3, 0.4) is 0 Å². The maximum absolute atomic E-state index is 3.00. The maximum atomic E-state index is 3.00. The molecule has 0 aliphatic carbocycles. The van der Waals surface area contributed by atoms with Gasteiger partial charge in [0.25, 0.3) is 0 Å². The van der Waals surface area contributed by atoms with Crippen molar-refractivity contribution >= 4 is 28.4 Å². The second-order valence-electron chi connectivity index (χ2n) is 6.92. The summed E-state index contributed by atoms with van der Waals surface area (Å²) in [5.74, 6) is 0. The number of rotatable bonds is 5. The van der Waals surface area contributed by atoms with E-state index in [1.807, 2.05) is 6.07 Å². The third kappa shape index (κ3) is 4.79. The lowest BCUT2D eigenvalue weighted by Crippen LogP contribution is -2.11. The van der Waals surface area contributed by atoms with E-state index in [2.05, 4.69) is 140 Å². The molecule has 0 unspecified atom stereocenters. The predicted octanol–water partition coefficient (Wildman–Crippen LogP) is 8.03. The molecule has 4 rings (SSSR count). The van der Waals surface area contributed by atoms with E-state index in [4.69, 9.17) is 0 Å². The summed E-state index contributed by atoms with van der Waals surface area (Å²) in [5, 5.41) is 0. The highest BCUT2D eigenvalue weighted by Gasteiger charge is 2.13. The quantitative estimate of drug-likeness (QED) is 0.317. The minimum atomic E-state index is 1.14. The molecule has 0 fully saturated rings. The molecular weight excluding hydrogens is 364 g/mol. The molecule has 0 spiro atoms. The Morgan fingerprint density at radius 1 is 0.500 bits per heavy atom. The van der Waals surface area contributed by atoms with Gasteiger partial charge in [-0.2, -0.15) is 0 Å². The van der Waals surface area contributed by atoms with Gasteiger partial charge in [0.05, 0.1) is 0 Å². The van der Waals surface area contributed by atoms with Crippen LogP contribution in [0.5, 0.6) is 0 Å². The molecule has 0 aliphatic heterocycles. The van der Waals surface area contributed by atoms with Gasteiger partial charge in [-0.05, 0) is 73.2 Å². The molecule has 150 valence electrons. The van der Waals surface area contributed by atoms with Crippen LogP contribution in [-0.4, -0.2) is 7.05 Å². The number of para-hydroxylation sites is 2. The number of hydrogen-bond donors (Lipinski definition) is 0. The van der Waals surface area contributed by atoms with E-state index < -0.39 is 0 Å². The third-order valence-electron chi connectivity index (χ3n) is 4.91. The molecule has 0 heterocycles. The van der Waals surface area contributed by atoms with Crippen molar-refractivity contribution in [3.05, 3.63) is 128 Å². The van der Waals surface area contributed by atoms with Gasteiger partial charge in [-0.3, -0.25) is 0 Å². The van der Waals surface area contributed by atoms with Crippen molar-refractivity contribution in [3.8, 4) is 0 Å². The van der Waals surface area contributed by atoms with Crippen LogP contribution in [0, 0.1) is 6.92 Å². The summed E-state index contributed by atoms with van der Waals surface area (Å²) in [5.41, 5.74) is 7.04. The molecule has 0 N–H and O–H groups in total. The average molecular weight is 393 g/mol. The standard InChI is InChI=1S/C26H24N2.C2H4/c1-21-10-9-15-26(20-21)28(24-13-7-4-8-14-24)25-18-16-23(17-19-25)27(2)22-11-5-3-6-12-22;1-2/h3-20H,1-2H3;1-2H2. The van der Waals surface area contributed by atoms with Crippen molar-refractivity contribution < 1.29 is 0 Å². The van der Waals surface area contributed by atoms with E-state index in [1.165, 1.54) is 11.3 Å². The minimum Gasteiger partial charge on any atom is -0.345 e. The highest BCUT2D eigenvalue weighted by molar-refractivity contribution is 5.78. The summed E-state index contributed by atoms with van der Waals surface area (Å²) in [6, 6.07) is 38.2. The van der Waals surface area contributed by atoms with E-state index in [-0.39, 0.29) is 0 Å². The maximum Gasteiger partial charge on any atom is 0.0464 e. The van der Waals surface area contributed by atoms with E-state index in [0.29, 0.717) is 0 Å². The number of hydrogen-bond acceptors (Lipinski definition) is 2. The molecule has 0 aromatic heterocycles. The Morgan fingerprint density at radius 2 is 0.933 bits per heavy atom. The monoisotopic (exact) mass is 392 g/mol. The van der Waals surface area contributed by atoms with Crippen LogP contribution in [0.4, 0.5) is 28.4 Å². The first-order valence-corrected chi connectivity index (χ1v) is 10.0. The highest BCUT2D eigenvalue weighted by atomic mass is 15.1. The highest BCUT2D eigenvalue weighted by Crippen LogP contribution is 2.36. The summed E-state index contributed by atoms with van der Waals surface area (Å²) in [4.78, 5) is 4.49. The average Bonchev–Trinajstić information content (AvgIpc) is 2.82. The third-order valence-corrected chi connectivity index (χ3v) is 4.91. The minimum absolute atomic E-state index is 1.14. The summed E-state index contributed by atoms with van der Waals surface area (Å²) in [7, 11) is 2.10. The lowest BCUT2D eigenvalue weighted by atomic mass is 10.1. The lowest BCUT2D eigenvalue weighted by Gasteiger charge is -2.27. The van der Waals surface area contributed by atoms with Gasteiger partial charge in [-0.25, -0.2) is 0 Å². The fraction of sp³-hybridized carbons (Fsp3) is 0.0714. The molecule has 0 radical (unpaired) electrons. The smallest absolute Gasteiger partial charge is 0.0464 e. The summed E-state index contributed by atoms with van der Waals surface area (Å²) < 4.78 is 0. The second kappa shape index (κ2) is 10.1. The van der Waals surface area contributed by atoms with Crippen molar-refractivity contribution in [2.75, 3.05) is 16.8 Å². The van der Waals surface area contributed by atoms with Crippen LogP contribution in [0.2, 0.25) is 0 Å². The van der Waals surface area contributed by atoms with E-state index in [1.54, 1.807) is 0 Å². The van der Waals surface area contributed by atoms with Crippen molar-refractivity contribution in [2.45, 2.75) is 6.92 Å². The predicted molar refractivity (Wildman–Crippen MR) is 132 cm³/mol. The zero-order valence-corrected chi connectivity index (χ0v) is 17.7. The molecule has 0 aliphatic rings. The molecule has 0 bridgehead atoms. The fourth-order valence-corrected chi connectivity index (χ4v) is 3.42. The van der Waals surface area contributed by atoms with Gasteiger partial charge >= 0.3 is 0 Å². The Morgan fingerprint density at radius 3 is 1.50 bits per heavy atom. The molecule has 2 nitrogen and oxygen atoms in total. The lowest BCUT2D eigenvalue weighted by molar-refractivity contribution is 1.20. The Bertz CT molecular complexity index is 1040. The van der Waals surface area contributed by atoms with Gasteiger partial charge < -0.3 is 9.80 Å². The largest absolute Gasteiger partial charge is 0.345 e. The number of anilines is 5. The van der Waals surface area contributed by atoms with Crippen LogP contribution in [-0.2, 0) is 0 Å². The van der Waals surface area contributed by atoms with E-state index in [0.717, 1.165) is 22.7 Å². The van der Waals surface area contributed by atoms with E-state index in [9.17, 15) is 0 Å². The molecule has 4 aromatic carbocycles. The molecule has 0 saturated carbocycles. The first-order valence-electron chi connectivity index (χ1n) is 10.0. The number of aryl methyl sites for hydroxylation is 1. The molecule has 30 heavy (non-hydrogen) atoms. The fourth-order valence-electron chi connectivity index (χ4n) is 3.42. The van der Waals surface area contributed by atoms with Crippen molar-refractivity contribution in [1.29, 1.82) is 0 Å². The summed E-state index contributed by atoms with van der Waals surface area (Å²) >= 11 is 0. The Hall–Kier alpha value is -3.78. The molecule has 0 amide bonds. The number of nitrogens with zero attached hydrogens (tertiary/aromatic N) is 2. The van der Waals surface area contributed by atoms with Crippen molar-refractivity contribution in [3.63, 3.8) is 0 Å². The van der Waals surface area contributed by atoms with Gasteiger partial charge in [0.2, 0.25) is 0 Å².